The van der Waals surface area contributed by atoms with Crippen LogP contribution in [0.4, 0.5) is 43.9 Å². The predicted octanol–water partition coefficient (Wildman–Crippen LogP) is 12.1. The minimum atomic E-state index is -4.63. The fraction of sp³-hybridized carbons (Fsp3) is 0.288. The van der Waals surface area contributed by atoms with Crippen molar-refractivity contribution in [2.24, 2.45) is 0 Å². The van der Waals surface area contributed by atoms with E-state index < -0.39 is 58.7 Å². The van der Waals surface area contributed by atoms with Gasteiger partial charge in [-0.05, 0) is 187 Å². The molecular weight excluding hydrogens is 1160 g/mol. The van der Waals surface area contributed by atoms with Crippen LogP contribution in [0.5, 0.6) is 0 Å². The Hall–Kier alpha value is -9.76. The Kier molecular flexibility index (Phi) is 19.0. The number of nitrogens with zero attached hydrogens (tertiary/aromatic N) is 12. The second-order valence-electron chi connectivity index (χ2n) is 21.9. The fourth-order valence-electron chi connectivity index (χ4n) is 7.83. The first-order chi connectivity index (χ1) is 40.5. The Labute approximate surface area is 491 Å². The monoisotopic (exact) mass is 1210 g/mol. The van der Waals surface area contributed by atoms with Crippen molar-refractivity contribution in [3.63, 3.8) is 0 Å². The highest BCUT2D eigenvalue weighted by molar-refractivity contribution is 5.98. The van der Waals surface area contributed by atoms with E-state index in [0.29, 0.717) is 45.1 Å². The standard InChI is InChI=1S/C22H24F3N5O.C19H18F3N5O.C18H15F4N5O/c1-13(2)19-27-28-29-30(19)18-11-16(15-8-6-14(3)7-9-15)10-17(12-18)20(31)26-21(4,5)22(23,24)25;1-12-4-6-13(7-5-12)14-8-15(10-16(9-14)27-11-23-25-26-27)17(28)24-18(2,3)19(20,21)22;1-17(2,18(20,21)22)24-16(28)13-7-12(11-3-5-14(19)6-4-11)8-15(9-13)27-10-23-25-26-27/h6-13H,1-5H3,(H,26,31);4-11H,1-3H3,(H,24,28);3-10H,1-2H3,(H,24,28). The van der Waals surface area contributed by atoms with E-state index in [4.69, 9.17) is 0 Å². The maximum Gasteiger partial charge on any atom is 0.410 e. The molecule has 9 aromatic rings. The van der Waals surface area contributed by atoms with Gasteiger partial charge in [-0.1, -0.05) is 85.6 Å². The summed E-state index contributed by atoms with van der Waals surface area (Å²) in [6.07, 6.45) is -11.2. The van der Waals surface area contributed by atoms with Crippen LogP contribution < -0.4 is 16.0 Å². The molecule has 0 saturated carbocycles. The number of nitrogens with one attached hydrogen (secondary N) is 3. The molecule has 0 aliphatic carbocycles. The Morgan fingerprint density at radius 1 is 0.425 bits per heavy atom. The fourth-order valence-corrected chi connectivity index (χ4v) is 7.83. The lowest BCUT2D eigenvalue weighted by Crippen LogP contribution is -2.54. The number of benzene rings is 6. The molecule has 87 heavy (non-hydrogen) atoms. The first kappa shape index (κ1) is 64.8. The van der Waals surface area contributed by atoms with E-state index in [1.807, 2.05) is 86.9 Å². The number of hydrogen-bond acceptors (Lipinski definition) is 12. The zero-order chi connectivity index (χ0) is 64.0. The van der Waals surface area contributed by atoms with Crippen LogP contribution in [0.25, 0.3) is 50.4 Å². The van der Waals surface area contributed by atoms with Crippen molar-refractivity contribution in [1.29, 1.82) is 0 Å². The van der Waals surface area contributed by atoms with E-state index in [1.54, 1.807) is 30.3 Å². The lowest BCUT2D eigenvalue weighted by molar-refractivity contribution is -0.183. The van der Waals surface area contributed by atoms with Crippen LogP contribution in [-0.2, 0) is 0 Å². The molecule has 3 aromatic heterocycles. The van der Waals surface area contributed by atoms with Gasteiger partial charge in [-0.2, -0.15) is 44.2 Å². The summed E-state index contributed by atoms with van der Waals surface area (Å²) in [5.74, 6) is -2.46. The molecular formula is C59H57F10N15O3. The van der Waals surface area contributed by atoms with Gasteiger partial charge >= 0.3 is 18.5 Å². The Morgan fingerprint density at radius 3 is 1.06 bits per heavy atom. The van der Waals surface area contributed by atoms with Crippen molar-refractivity contribution < 1.29 is 58.3 Å². The molecule has 9 rings (SSSR count). The average molecular weight is 1210 g/mol. The number of carbonyl (C=O) groups excluding carboxylic acids is 3. The molecule has 0 unspecified atom stereocenters. The van der Waals surface area contributed by atoms with E-state index in [9.17, 15) is 58.3 Å². The number of hydrogen-bond donors (Lipinski definition) is 3. The molecule has 0 aliphatic rings. The summed E-state index contributed by atoms with van der Waals surface area (Å²) in [4.78, 5) is 37.9. The van der Waals surface area contributed by atoms with Gasteiger partial charge in [0.05, 0.1) is 17.1 Å². The molecule has 0 aliphatic heterocycles. The molecule has 0 atom stereocenters. The number of amides is 3. The largest absolute Gasteiger partial charge is 0.410 e. The lowest BCUT2D eigenvalue weighted by Gasteiger charge is -2.29. The number of alkyl halides is 9. The lowest BCUT2D eigenvalue weighted by atomic mass is 9.99. The number of aryl methyl sites for hydroxylation is 2. The van der Waals surface area contributed by atoms with Gasteiger partial charge in [-0.15, -0.1) is 15.3 Å². The van der Waals surface area contributed by atoms with E-state index in [0.717, 1.165) is 63.8 Å². The van der Waals surface area contributed by atoms with E-state index >= 15 is 0 Å². The third-order valence-corrected chi connectivity index (χ3v) is 13.4. The van der Waals surface area contributed by atoms with Crippen molar-refractivity contribution in [2.75, 3.05) is 0 Å². The zero-order valence-corrected chi connectivity index (χ0v) is 48.2. The Balaban J connectivity index is 0.000000187. The Morgan fingerprint density at radius 2 is 0.747 bits per heavy atom. The molecule has 28 heteroatoms. The maximum atomic E-state index is 13.3. The van der Waals surface area contributed by atoms with Crippen molar-refractivity contribution in [2.45, 2.75) is 110 Å². The smallest absolute Gasteiger partial charge is 0.338 e. The van der Waals surface area contributed by atoms with Crippen molar-refractivity contribution >= 4 is 17.7 Å². The van der Waals surface area contributed by atoms with E-state index in [2.05, 4.69) is 51.9 Å². The molecule has 0 radical (unpaired) electrons. The zero-order valence-electron chi connectivity index (χ0n) is 48.2. The molecule has 3 amide bonds. The highest BCUT2D eigenvalue weighted by Gasteiger charge is 2.50. The highest BCUT2D eigenvalue weighted by Crippen LogP contribution is 2.34. The second-order valence-corrected chi connectivity index (χ2v) is 21.9. The van der Waals surface area contributed by atoms with Gasteiger partial charge in [0.15, 0.2) is 5.82 Å². The average Bonchev–Trinajstić information content (AvgIpc) is 1.97. The third-order valence-electron chi connectivity index (χ3n) is 13.4. The van der Waals surface area contributed by atoms with Gasteiger partial charge in [0.25, 0.3) is 17.7 Å². The van der Waals surface area contributed by atoms with Gasteiger partial charge in [-0.25, -0.2) is 13.8 Å². The molecule has 3 N–H and O–H groups in total. The van der Waals surface area contributed by atoms with Crippen molar-refractivity contribution in [1.82, 2.24) is 76.6 Å². The maximum absolute atomic E-state index is 13.3. The second kappa shape index (κ2) is 25.4. The number of rotatable bonds is 13. The molecule has 6 aromatic carbocycles. The van der Waals surface area contributed by atoms with Gasteiger partial charge in [0.2, 0.25) is 0 Å². The summed E-state index contributed by atoms with van der Waals surface area (Å²) in [7, 11) is 0. The van der Waals surface area contributed by atoms with Gasteiger partial charge in [0.1, 0.15) is 35.1 Å². The summed E-state index contributed by atoms with van der Waals surface area (Å²) in [5.41, 5.74) is 0.371. The van der Waals surface area contributed by atoms with Crippen LogP contribution in [0.3, 0.4) is 0 Å². The van der Waals surface area contributed by atoms with Crippen LogP contribution in [-0.4, -0.2) is 113 Å². The number of halogens is 10. The summed E-state index contributed by atoms with van der Waals surface area (Å²) in [5, 5.41) is 39.5. The molecule has 0 saturated heterocycles. The molecule has 456 valence electrons. The number of aromatic nitrogens is 12. The predicted molar refractivity (Wildman–Crippen MR) is 300 cm³/mol. The van der Waals surface area contributed by atoms with Crippen LogP contribution in [0.2, 0.25) is 0 Å². The minimum absolute atomic E-state index is 0.000490. The summed E-state index contributed by atoms with van der Waals surface area (Å²) in [6.45, 7) is 13.2. The SMILES string of the molecule is CC(C)(NC(=O)c1cc(-c2ccc(F)cc2)cc(-n2cnnn2)c1)C(F)(F)F.Cc1ccc(-c2cc(C(=O)NC(C)(C)C(F)(F)F)cc(-n3cnnn3)c2)cc1.Cc1ccc(-c2cc(C(=O)NC(C)(C)C(F)(F)F)cc(-n3nnnc3C(C)C)c2)cc1. The van der Waals surface area contributed by atoms with Crippen molar-refractivity contribution in [3.05, 3.63) is 180 Å². The normalized spacial score (nSPS) is 12.1. The molecule has 0 bridgehead atoms. The Bertz CT molecular complexity index is 3680. The molecule has 3 heterocycles. The third kappa shape index (κ3) is 16.0. The minimum Gasteiger partial charge on any atom is -0.338 e. The van der Waals surface area contributed by atoms with Gasteiger partial charge in [-0.3, -0.25) is 14.4 Å². The topological polar surface area (TPSA) is 218 Å². The van der Waals surface area contributed by atoms with Gasteiger partial charge in [0, 0.05) is 22.6 Å². The van der Waals surface area contributed by atoms with Crippen molar-refractivity contribution in [3.8, 4) is 50.4 Å². The molecule has 0 fully saturated rings. The molecule has 0 spiro atoms. The quantitative estimate of drug-likeness (QED) is 0.0919. The van der Waals surface area contributed by atoms with Crippen LogP contribution in [0.15, 0.2) is 140 Å². The highest BCUT2D eigenvalue weighted by atomic mass is 19.4. The van der Waals surface area contributed by atoms with Crippen LogP contribution >= 0.6 is 0 Å². The van der Waals surface area contributed by atoms with Gasteiger partial charge < -0.3 is 16.0 Å². The number of carbonyl (C=O) groups is 3. The summed E-state index contributed by atoms with van der Waals surface area (Å²) < 4.78 is 136. The van der Waals surface area contributed by atoms with Crippen LogP contribution in [0, 0.1) is 19.7 Å². The molecule has 18 nitrogen and oxygen atoms in total. The van der Waals surface area contributed by atoms with Crippen LogP contribution in [0.1, 0.15) is 109 Å². The summed E-state index contributed by atoms with van der Waals surface area (Å²) >= 11 is 0. The first-order valence-corrected chi connectivity index (χ1v) is 26.3. The summed E-state index contributed by atoms with van der Waals surface area (Å²) in [6, 6.07) is 34.7. The first-order valence-electron chi connectivity index (χ1n) is 26.3. The van der Waals surface area contributed by atoms with E-state index in [-0.39, 0.29) is 22.6 Å². The van der Waals surface area contributed by atoms with E-state index in [1.165, 1.54) is 75.2 Å². The number of tetrazole rings is 3.